The standard InChI is InChI=1S/C22H23N3O5/c1-28-12-11-23-20(26)15-30-22(27)19-14-25(17-8-4-3-5-9-17)24-21(19)16-7-6-10-18(13-16)29-2/h3-10,13-14H,11-12,15H2,1-2H3,(H,23,26). The smallest absolute Gasteiger partial charge is 0.342 e. The summed E-state index contributed by atoms with van der Waals surface area (Å²) < 4.78 is 17.0. The van der Waals surface area contributed by atoms with Gasteiger partial charge < -0.3 is 19.5 Å². The molecule has 156 valence electrons. The van der Waals surface area contributed by atoms with Gasteiger partial charge in [-0.25, -0.2) is 9.48 Å². The number of rotatable bonds is 9. The second kappa shape index (κ2) is 10.2. The average Bonchev–Trinajstić information content (AvgIpc) is 3.24. The van der Waals surface area contributed by atoms with E-state index in [1.807, 2.05) is 42.5 Å². The molecule has 0 radical (unpaired) electrons. The van der Waals surface area contributed by atoms with E-state index < -0.39 is 18.5 Å². The molecule has 1 heterocycles. The van der Waals surface area contributed by atoms with Crippen molar-refractivity contribution in [2.75, 3.05) is 34.0 Å². The lowest BCUT2D eigenvalue weighted by Gasteiger charge is -2.07. The number of ether oxygens (including phenoxy) is 3. The van der Waals surface area contributed by atoms with Crippen molar-refractivity contribution in [3.05, 3.63) is 66.4 Å². The van der Waals surface area contributed by atoms with Crippen LogP contribution in [0.2, 0.25) is 0 Å². The van der Waals surface area contributed by atoms with E-state index >= 15 is 0 Å². The normalized spacial score (nSPS) is 10.5. The van der Waals surface area contributed by atoms with Gasteiger partial charge in [-0.05, 0) is 24.3 Å². The first-order valence-electron chi connectivity index (χ1n) is 9.34. The Morgan fingerprint density at radius 2 is 1.87 bits per heavy atom. The van der Waals surface area contributed by atoms with Crippen LogP contribution >= 0.6 is 0 Å². The van der Waals surface area contributed by atoms with Crippen LogP contribution in [0.25, 0.3) is 16.9 Å². The summed E-state index contributed by atoms with van der Waals surface area (Å²) in [6, 6.07) is 16.6. The molecule has 0 saturated carbocycles. The number of esters is 1. The van der Waals surface area contributed by atoms with Gasteiger partial charge in [0.1, 0.15) is 17.0 Å². The van der Waals surface area contributed by atoms with Crippen LogP contribution in [0.4, 0.5) is 0 Å². The molecule has 8 nitrogen and oxygen atoms in total. The molecule has 1 amide bonds. The highest BCUT2D eigenvalue weighted by atomic mass is 16.5. The third kappa shape index (κ3) is 5.24. The van der Waals surface area contributed by atoms with Gasteiger partial charge in [0.15, 0.2) is 6.61 Å². The van der Waals surface area contributed by atoms with Gasteiger partial charge in [-0.15, -0.1) is 0 Å². The van der Waals surface area contributed by atoms with Crippen LogP contribution in [0.5, 0.6) is 5.75 Å². The summed E-state index contributed by atoms with van der Waals surface area (Å²) in [5, 5.41) is 7.18. The number of carbonyl (C=O) groups excluding carboxylic acids is 2. The third-order valence-corrected chi connectivity index (χ3v) is 4.26. The van der Waals surface area contributed by atoms with Crippen LogP contribution in [0.1, 0.15) is 10.4 Å². The molecular weight excluding hydrogens is 386 g/mol. The number of para-hydroxylation sites is 1. The van der Waals surface area contributed by atoms with Gasteiger partial charge in [0, 0.05) is 25.4 Å². The van der Waals surface area contributed by atoms with Crippen LogP contribution in [-0.2, 0) is 14.3 Å². The predicted octanol–water partition coefficient (Wildman–Crippen LogP) is 2.47. The lowest BCUT2D eigenvalue weighted by Crippen LogP contribution is -2.31. The number of aromatic nitrogens is 2. The number of benzene rings is 2. The van der Waals surface area contributed by atoms with Crippen molar-refractivity contribution >= 4 is 11.9 Å². The number of amides is 1. The maximum atomic E-state index is 12.8. The van der Waals surface area contributed by atoms with Gasteiger partial charge in [-0.1, -0.05) is 30.3 Å². The molecule has 30 heavy (non-hydrogen) atoms. The highest BCUT2D eigenvalue weighted by molar-refractivity contribution is 5.97. The number of carbonyl (C=O) groups is 2. The van der Waals surface area contributed by atoms with Crippen molar-refractivity contribution in [3.8, 4) is 22.7 Å². The fourth-order valence-corrected chi connectivity index (χ4v) is 2.77. The summed E-state index contributed by atoms with van der Waals surface area (Å²) in [5.41, 5.74) is 2.16. The van der Waals surface area contributed by atoms with Crippen molar-refractivity contribution in [2.45, 2.75) is 0 Å². The van der Waals surface area contributed by atoms with Gasteiger partial charge in [0.05, 0.1) is 19.4 Å². The Labute approximate surface area is 174 Å². The molecule has 0 bridgehead atoms. The first-order valence-corrected chi connectivity index (χ1v) is 9.34. The number of hydrogen-bond acceptors (Lipinski definition) is 6. The van der Waals surface area contributed by atoms with Crippen molar-refractivity contribution in [3.63, 3.8) is 0 Å². The number of methoxy groups -OCH3 is 2. The number of nitrogens with one attached hydrogen (secondary N) is 1. The third-order valence-electron chi connectivity index (χ3n) is 4.26. The molecule has 8 heteroatoms. The summed E-state index contributed by atoms with van der Waals surface area (Å²) in [5.74, 6) is -0.408. The average molecular weight is 409 g/mol. The molecular formula is C22H23N3O5. The topological polar surface area (TPSA) is 91.7 Å². The molecule has 0 aliphatic rings. The van der Waals surface area contributed by atoms with Crippen LogP contribution in [0, 0.1) is 0 Å². The van der Waals surface area contributed by atoms with E-state index in [9.17, 15) is 9.59 Å². The lowest BCUT2D eigenvalue weighted by atomic mass is 10.1. The Morgan fingerprint density at radius 1 is 1.07 bits per heavy atom. The van der Waals surface area contributed by atoms with Gasteiger partial charge in [-0.2, -0.15) is 5.10 Å². The molecule has 0 aliphatic heterocycles. The SMILES string of the molecule is COCCNC(=O)COC(=O)c1cn(-c2ccccc2)nc1-c1cccc(OC)c1. The zero-order valence-corrected chi connectivity index (χ0v) is 16.8. The second-order valence-corrected chi connectivity index (χ2v) is 6.32. The Morgan fingerprint density at radius 3 is 2.60 bits per heavy atom. The molecule has 2 aromatic carbocycles. The number of hydrogen-bond donors (Lipinski definition) is 1. The van der Waals surface area contributed by atoms with Crippen LogP contribution < -0.4 is 10.1 Å². The van der Waals surface area contributed by atoms with E-state index in [1.165, 1.54) is 7.11 Å². The highest BCUT2D eigenvalue weighted by Crippen LogP contribution is 2.27. The molecule has 1 N–H and O–H groups in total. The van der Waals surface area contributed by atoms with Crippen LogP contribution in [0.3, 0.4) is 0 Å². The first-order chi connectivity index (χ1) is 14.6. The molecule has 0 unspecified atom stereocenters. The quantitative estimate of drug-likeness (QED) is 0.431. The fraction of sp³-hybridized carbons (Fsp3) is 0.227. The van der Waals surface area contributed by atoms with E-state index in [2.05, 4.69) is 10.4 Å². The van der Waals surface area contributed by atoms with Crippen molar-refractivity contribution in [1.29, 1.82) is 0 Å². The van der Waals surface area contributed by atoms with Gasteiger partial charge in [0.2, 0.25) is 0 Å². The molecule has 3 rings (SSSR count). The molecule has 0 atom stereocenters. The minimum Gasteiger partial charge on any atom is -0.497 e. The van der Waals surface area contributed by atoms with E-state index in [0.717, 1.165) is 5.69 Å². The maximum Gasteiger partial charge on any atom is 0.342 e. The zero-order chi connectivity index (χ0) is 21.3. The molecule has 0 spiro atoms. The molecule has 0 aliphatic carbocycles. The molecule has 1 aromatic heterocycles. The van der Waals surface area contributed by atoms with Crippen molar-refractivity contribution in [1.82, 2.24) is 15.1 Å². The summed E-state index contributed by atoms with van der Waals surface area (Å²) in [7, 11) is 3.11. The van der Waals surface area contributed by atoms with Crippen molar-refractivity contribution < 1.29 is 23.8 Å². The maximum absolute atomic E-state index is 12.8. The fourth-order valence-electron chi connectivity index (χ4n) is 2.77. The highest BCUT2D eigenvalue weighted by Gasteiger charge is 2.21. The van der Waals surface area contributed by atoms with Gasteiger partial charge >= 0.3 is 5.97 Å². The van der Waals surface area contributed by atoms with E-state index in [1.54, 1.807) is 30.1 Å². The second-order valence-electron chi connectivity index (χ2n) is 6.32. The van der Waals surface area contributed by atoms with Crippen LogP contribution in [-0.4, -0.2) is 55.6 Å². The Kier molecular flexibility index (Phi) is 7.18. The minimum atomic E-state index is -0.642. The first kappa shape index (κ1) is 21.1. The van der Waals surface area contributed by atoms with E-state index in [4.69, 9.17) is 14.2 Å². The Hall–Kier alpha value is -3.65. The summed E-state index contributed by atoms with van der Waals surface area (Å²) in [4.78, 5) is 24.6. The lowest BCUT2D eigenvalue weighted by molar-refractivity contribution is -0.124. The largest absolute Gasteiger partial charge is 0.497 e. The van der Waals surface area contributed by atoms with Gasteiger partial charge in [-0.3, -0.25) is 4.79 Å². The minimum absolute atomic E-state index is 0.247. The summed E-state index contributed by atoms with van der Waals surface area (Å²) in [6.07, 6.45) is 1.59. The summed E-state index contributed by atoms with van der Waals surface area (Å²) in [6.45, 7) is 0.327. The van der Waals surface area contributed by atoms with Crippen LogP contribution in [0.15, 0.2) is 60.8 Å². The van der Waals surface area contributed by atoms with E-state index in [-0.39, 0.29) is 5.56 Å². The monoisotopic (exact) mass is 409 g/mol. The Bertz CT molecular complexity index is 1000. The number of nitrogens with zero attached hydrogens (tertiary/aromatic N) is 2. The predicted molar refractivity (Wildman–Crippen MR) is 111 cm³/mol. The molecule has 3 aromatic rings. The Balaban J connectivity index is 1.87. The van der Waals surface area contributed by atoms with Crippen molar-refractivity contribution in [2.24, 2.45) is 0 Å². The van der Waals surface area contributed by atoms with E-state index in [0.29, 0.717) is 30.2 Å². The molecule has 0 saturated heterocycles. The molecule has 0 fully saturated rings. The van der Waals surface area contributed by atoms with Gasteiger partial charge in [0.25, 0.3) is 5.91 Å². The zero-order valence-electron chi connectivity index (χ0n) is 16.8. The summed E-state index contributed by atoms with van der Waals surface area (Å²) >= 11 is 0.